The van der Waals surface area contributed by atoms with Gasteiger partial charge in [0.05, 0.1) is 18.9 Å². The summed E-state index contributed by atoms with van der Waals surface area (Å²) < 4.78 is 12.9. The molecule has 0 bridgehead atoms. The normalized spacial score (nSPS) is 10.5. The number of ether oxygens (including phenoxy) is 2. The Hall–Kier alpha value is -2.50. The molecule has 0 saturated heterocycles. The summed E-state index contributed by atoms with van der Waals surface area (Å²) in [6.07, 6.45) is 1.96. The highest BCUT2D eigenvalue weighted by Gasteiger charge is 2.12. The standard InChI is InChI=1S/C18H25N3O3/c1-5-21-12-15(13(4)20-21)11-19-18(22)14-8-9-16(23-6-2)17(10-14)24-7-3/h8-10,12H,5-7,11H2,1-4H3,(H,19,22). The number of aromatic nitrogens is 2. The van der Waals surface area contributed by atoms with E-state index in [4.69, 9.17) is 9.47 Å². The fourth-order valence-electron chi connectivity index (χ4n) is 2.36. The van der Waals surface area contributed by atoms with Crippen LogP contribution in [0.1, 0.15) is 42.4 Å². The monoisotopic (exact) mass is 331 g/mol. The van der Waals surface area contributed by atoms with Crippen molar-refractivity contribution in [3.8, 4) is 11.5 Å². The van der Waals surface area contributed by atoms with Crippen LogP contribution >= 0.6 is 0 Å². The molecule has 1 aromatic heterocycles. The van der Waals surface area contributed by atoms with Crippen molar-refractivity contribution >= 4 is 5.91 Å². The van der Waals surface area contributed by atoms with Gasteiger partial charge in [-0.25, -0.2) is 0 Å². The smallest absolute Gasteiger partial charge is 0.251 e. The maximum Gasteiger partial charge on any atom is 0.251 e. The van der Waals surface area contributed by atoms with Crippen molar-refractivity contribution in [3.05, 3.63) is 41.2 Å². The van der Waals surface area contributed by atoms with Gasteiger partial charge in [-0.15, -0.1) is 0 Å². The summed E-state index contributed by atoms with van der Waals surface area (Å²) in [6, 6.07) is 5.22. The van der Waals surface area contributed by atoms with E-state index in [1.807, 2.05) is 38.6 Å². The topological polar surface area (TPSA) is 65.4 Å². The van der Waals surface area contributed by atoms with Crippen LogP contribution < -0.4 is 14.8 Å². The number of hydrogen-bond donors (Lipinski definition) is 1. The van der Waals surface area contributed by atoms with Crippen molar-refractivity contribution in [2.24, 2.45) is 0 Å². The molecular weight excluding hydrogens is 306 g/mol. The molecule has 6 nitrogen and oxygen atoms in total. The van der Waals surface area contributed by atoms with Crippen molar-refractivity contribution in [2.75, 3.05) is 13.2 Å². The van der Waals surface area contributed by atoms with E-state index in [9.17, 15) is 4.79 Å². The van der Waals surface area contributed by atoms with Gasteiger partial charge in [0, 0.05) is 30.4 Å². The predicted octanol–water partition coefficient (Wildman–Crippen LogP) is 2.94. The summed E-state index contributed by atoms with van der Waals surface area (Å²) in [5.41, 5.74) is 2.49. The molecule has 0 atom stereocenters. The van der Waals surface area contributed by atoms with Gasteiger partial charge in [-0.3, -0.25) is 9.48 Å². The van der Waals surface area contributed by atoms with Gasteiger partial charge in [-0.2, -0.15) is 5.10 Å². The zero-order valence-corrected chi connectivity index (χ0v) is 14.8. The van der Waals surface area contributed by atoms with Crippen LogP contribution in [0.25, 0.3) is 0 Å². The van der Waals surface area contributed by atoms with Gasteiger partial charge in [0.2, 0.25) is 0 Å². The molecule has 2 rings (SSSR count). The molecule has 130 valence electrons. The van der Waals surface area contributed by atoms with E-state index in [0.717, 1.165) is 17.8 Å². The van der Waals surface area contributed by atoms with E-state index >= 15 is 0 Å². The average molecular weight is 331 g/mol. The summed E-state index contributed by atoms with van der Waals surface area (Å²) in [4.78, 5) is 12.4. The van der Waals surface area contributed by atoms with E-state index in [2.05, 4.69) is 10.4 Å². The van der Waals surface area contributed by atoms with Crippen LogP contribution in [0.3, 0.4) is 0 Å². The summed E-state index contributed by atoms with van der Waals surface area (Å²) in [5.74, 6) is 1.08. The van der Waals surface area contributed by atoms with Crippen LogP contribution in [0.5, 0.6) is 11.5 Å². The third-order valence-electron chi connectivity index (χ3n) is 3.62. The van der Waals surface area contributed by atoms with Gasteiger partial charge >= 0.3 is 0 Å². The number of carbonyl (C=O) groups excluding carboxylic acids is 1. The summed E-state index contributed by atoms with van der Waals surface area (Å²) >= 11 is 0. The van der Waals surface area contributed by atoms with E-state index in [1.54, 1.807) is 18.2 Å². The van der Waals surface area contributed by atoms with Gasteiger partial charge < -0.3 is 14.8 Å². The number of nitrogens with one attached hydrogen (secondary N) is 1. The lowest BCUT2D eigenvalue weighted by Gasteiger charge is -2.12. The molecule has 0 unspecified atom stereocenters. The minimum atomic E-state index is -0.150. The molecular formula is C18H25N3O3. The van der Waals surface area contributed by atoms with Gasteiger partial charge in [-0.05, 0) is 45.9 Å². The van der Waals surface area contributed by atoms with E-state index in [0.29, 0.717) is 36.8 Å². The molecule has 1 amide bonds. The van der Waals surface area contributed by atoms with Crippen LogP contribution in [0, 0.1) is 6.92 Å². The van der Waals surface area contributed by atoms with Crippen molar-refractivity contribution in [1.29, 1.82) is 0 Å². The van der Waals surface area contributed by atoms with Gasteiger partial charge in [0.25, 0.3) is 5.91 Å². The van der Waals surface area contributed by atoms with Crippen LogP contribution in [0.15, 0.2) is 24.4 Å². The SMILES string of the molecule is CCOc1ccc(C(=O)NCc2cn(CC)nc2C)cc1OCC. The number of benzene rings is 1. The Morgan fingerprint density at radius 2 is 1.88 bits per heavy atom. The number of carbonyl (C=O) groups is 1. The highest BCUT2D eigenvalue weighted by Crippen LogP contribution is 2.28. The molecule has 6 heteroatoms. The molecule has 0 saturated carbocycles. The molecule has 1 heterocycles. The lowest BCUT2D eigenvalue weighted by Crippen LogP contribution is -2.23. The Morgan fingerprint density at radius 3 is 2.50 bits per heavy atom. The first-order valence-corrected chi connectivity index (χ1v) is 8.29. The first kappa shape index (κ1) is 17.8. The Kier molecular flexibility index (Phi) is 6.23. The predicted molar refractivity (Wildman–Crippen MR) is 92.6 cm³/mol. The molecule has 0 aliphatic carbocycles. The van der Waals surface area contributed by atoms with Crippen LogP contribution in [-0.4, -0.2) is 28.9 Å². The quantitative estimate of drug-likeness (QED) is 0.808. The Balaban J connectivity index is 2.08. The van der Waals surface area contributed by atoms with E-state index < -0.39 is 0 Å². The molecule has 0 radical (unpaired) electrons. The van der Waals surface area contributed by atoms with Gasteiger partial charge in [0.1, 0.15) is 0 Å². The van der Waals surface area contributed by atoms with Crippen molar-refractivity contribution in [1.82, 2.24) is 15.1 Å². The number of hydrogen-bond acceptors (Lipinski definition) is 4. The third kappa shape index (κ3) is 4.28. The Labute approximate surface area is 142 Å². The zero-order valence-electron chi connectivity index (χ0n) is 14.8. The lowest BCUT2D eigenvalue weighted by molar-refractivity contribution is 0.0950. The second-order valence-electron chi connectivity index (χ2n) is 5.31. The van der Waals surface area contributed by atoms with Crippen molar-refractivity contribution in [3.63, 3.8) is 0 Å². The molecule has 1 N–H and O–H groups in total. The van der Waals surface area contributed by atoms with Crippen LogP contribution in [-0.2, 0) is 13.1 Å². The molecule has 0 aliphatic heterocycles. The number of aryl methyl sites for hydroxylation is 2. The maximum atomic E-state index is 12.4. The largest absolute Gasteiger partial charge is 0.490 e. The minimum absolute atomic E-state index is 0.150. The summed E-state index contributed by atoms with van der Waals surface area (Å²) in [7, 11) is 0. The molecule has 1 aromatic carbocycles. The van der Waals surface area contributed by atoms with Gasteiger partial charge in [0.15, 0.2) is 11.5 Å². The molecule has 0 aliphatic rings. The summed E-state index contributed by atoms with van der Waals surface area (Å²) in [5, 5.41) is 7.30. The first-order valence-electron chi connectivity index (χ1n) is 8.29. The average Bonchev–Trinajstić information content (AvgIpc) is 2.95. The molecule has 0 spiro atoms. The highest BCUT2D eigenvalue weighted by molar-refractivity contribution is 5.94. The number of rotatable bonds is 8. The van der Waals surface area contributed by atoms with Gasteiger partial charge in [-0.1, -0.05) is 0 Å². The van der Waals surface area contributed by atoms with E-state index in [-0.39, 0.29) is 5.91 Å². The number of nitrogens with zero attached hydrogens (tertiary/aromatic N) is 2. The van der Waals surface area contributed by atoms with E-state index in [1.165, 1.54) is 0 Å². The fraction of sp³-hybridized carbons (Fsp3) is 0.444. The Bertz CT molecular complexity index is 695. The van der Waals surface area contributed by atoms with Crippen molar-refractivity contribution < 1.29 is 14.3 Å². The second-order valence-corrected chi connectivity index (χ2v) is 5.31. The summed E-state index contributed by atoms with van der Waals surface area (Å²) in [6.45, 7) is 10.1. The lowest BCUT2D eigenvalue weighted by atomic mass is 10.1. The molecule has 0 fully saturated rings. The zero-order chi connectivity index (χ0) is 17.5. The third-order valence-corrected chi connectivity index (χ3v) is 3.62. The second kappa shape index (κ2) is 8.38. The minimum Gasteiger partial charge on any atom is -0.490 e. The molecule has 24 heavy (non-hydrogen) atoms. The fourth-order valence-corrected chi connectivity index (χ4v) is 2.36. The molecule has 2 aromatic rings. The first-order chi connectivity index (χ1) is 11.6. The maximum absolute atomic E-state index is 12.4. The highest BCUT2D eigenvalue weighted by atomic mass is 16.5. The van der Waals surface area contributed by atoms with Crippen molar-refractivity contribution in [2.45, 2.75) is 40.8 Å². The van der Waals surface area contributed by atoms with Crippen LogP contribution in [0.2, 0.25) is 0 Å². The number of amides is 1. The Morgan fingerprint density at radius 1 is 1.17 bits per heavy atom. The van der Waals surface area contributed by atoms with Crippen LogP contribution in [0.4, 0.5) is 0 Å².